The minimum atomic E-state index is -0.473. The zero-order chi connectivity index (χ0) is 22.3. The SMILES string of the molecule is N#Cc1c(NC(=O)/C=C/c2cccs2)sc2c1CCC(OC(=O)NCc1ccncc1)C2. The van der Waals surface area contributed by atoms with Crippen LogP contribution >= 0.6 is 22.7 Å². The van der Waals surface area contributed by atoms with Gasteiger partial charge in [-0.05, 0) is 53.6 Å². The maximum atomic E-state index is 12.3. The lowest BCUT2D eigenvalue weighted by Gasteiger charge is -2.22. The van der Waals surface area contributed by atoms with Gasteiger partial charge >= 0.3 is 6.09 Å². The summed E-state index contributed by atoms with van der Waals surface area (Å²) in [5, 5.41) is 17.7. The van der Waals surface area contributed by atoms with Crippen molar-refractivity contribution in [2.45, 2.75) is 31.9 Å². The van der Waals surface area contributed by atoms with Gasteiger partial charge in [-0.3, -0.25) is 9.78 Å². The largest absolute Gasteiger partial charge is 0.446 e. The van der Waals surface area contributed by atoms with E-state index >= 15 is 0 Å². The van der Waals surface area contributed by atoms with Crippen molar-refractivity contribution in [1.82, 2.24) is 10.3 Å². The molecule has 0 saturated carbocycles. The van der Waals surface area contributed by atoms with Crippen molar-refractivity contribution < 1.29 is 14.3 Å². The summed E-state index contributed by atoms with van der Waals surface area (Å²) in [4.78, 5) is 30.4. The van der Waals surface area contributed by atoms with Gasteiger partial charge in [0.15, 0.2) is 0 Å². The lowest BCUT2D eigenvalue weighted by atomic mass is 9.94. The van der Waals surface area contributed by atoms with Gasteiger partial charge in [-0.2, -0.15) is 5.26 Å². The maximum Gasteiger partial charge on any atom is 0.407 e. The average Bonchev–Trinajstić information content (AvgIpc) is 3.44. The van der Waals surface area contributed by atoms with E-state index in [1.165, 1.54) is 17.4 Å². The van der Waals surface area contributed by atoms with E-state index in [1.807, 2.05) is 29.6 Å². The highest BCUT2D eigenvalue weighted by atomic mass is 32.1. The first kappa shape index (κ1) is 21.7. The van der Waals surface area contributed by atoms with Gasteiger partial charge in [-0.1, -0.05) is 6.07 Å². The van der Waals surface area contributed by atoms with Gasteiger partial charge < -0.3 is 15.4 Å². The molecule has 9 heteroatoms. The molecule has 4 rings (SSSR count). The first-order valence-corrected chi connectivity index (χ1v) is 11.7. The summed E-state index contributed by atoms with van der Waals surface area (Å²) in [6.07, 6.45) is 7.58. The van der Waals surface area contributed by atoms with Crippen LogP contribution in [0.15, 0.2) is 48.1 Å². The zero-order valence-corrected chi connectivity index (χ0v) is 18.7. The predicted octanol–water partition coefficient (Wildman–Crippen LogP) is 4.51. The number of fused-ring (bicyclic) bond motifs is 1. The summed E-state index contributed by atoms with van der Waals surface area (Å²) in [6, 6.07) is 9.72. The smallest absolute Gasteiger partial charge is 0.407 e. The fourth-order valence-electron chi connectivity index (χ4n) is 3.43. The number of anilines is 1. The highest BCUT2D eigenvalue weighted by molar-refractivity contribution is 7.16. The molecule has 32 heavy (non-hydrogen) atoms. The Hall–Kier alpha value is -3.48. The molecular formula is C23H20N4O3S2. The Morgan fingerprint density at radius 1 is 1.31 bits per heavy atom. The molecule has 0 spiro atoms. The number of nitrogens with zero attached hydrogens (tertiary/aromatic N) is 2. The van der Waals surface area contributed by atoms with Crippen molar-refractivity contribution in [3.63, 3.8) is 0 Å². The van der Waals surface area contributed by atoms with Crippen LogP contribution in [0.5, 0.6) is 0 Å². The summed E-state index contributed by atoms with van der Waals surface area (Å²) < 4.78 is 5.57. The maximum absolute atomic E-state index is 12.3. The normalized spacial score (nSPS) is 15.0. The number of amides is 2. The van der Waals surface area contributed by atoms with Crippen LogP contribution in [0.2, 0.25) is 0 Å². The van der Waals surface area contributed by atoms with Crippen molar-refractivity contribution in [1.29, 1.82) is 5.26 Å². The van der Waals surface area contributed by atoms with Crippen LogP contribution in [0.25, 0.3) is 6.08 Å². The summed E-state index contributed by atoms with van der Waals surface area (Å²) in [5.41, 5.74) is 2.38. The molecule has 2 N–H and O–H groups in total. The lowest BCUT2D eigenvalue weighted by molar-refractivity contribution is -0.111. The molecule has 7 nitrogen and oxygen atoms in total. The third-order valence-corrected chi connectivity index (χ3v) is 6.98. The highest BCUT2D eigenvalue weighted by Crippen LogP contribution is 2.38. The minimum Gasteiger partial charge on any atom is -0.446 e. The molecule has 3 aromatic rings. The molecule has 162 valence electrons. The van der Waals surface area contributed by atoms with Crippen LogP contribution < -0.4 is 10.6 Å². The Bertz CT molecular complexity index is 1160. The van der Waals surface area contributed by atoms with Gasteiger partial charge in [0.05, 0.1) is 5.56 Å². The quantitative estimate of drug-likeness (QED) is 0.522. The molecule has 1 aliphatic carbocycles. The number of thiophene rings is 2. The van der Waals surface area contributed by atoms with Gasteiger partial charge in [0.2, 0.25) is 5.91 Å². The molecule has 0 fully saturated rings. The molecule has 3 aromatic heterocycles. The number of nitrogens with one attached hydrogen (secondary N) is 2. The Morgan fingerprint density at radius 2 is 2.16 bits per heavy atom. The number of hydrogen-bond donors (Lipinski definition) is 2. The summed E-state index contributed by atoms with van der Waals surface area (Å²) in [7, 11) is 0. The van der Waals surface area contributed by atoms with E-state index in [4.69, 9.17) is 4.74 Å². The second-order valence-electron chi connectivity index (χ2n) is 7.14. The Kier molecular flexibility index (Phi) is 6.94. The van der Waals surface area contributed by atoms with Crippen LogP contribution in [-0.2, 0) is 28.9 Å². The lowest BCUT2D eigenvalue weighted by Crippen LogP contribution is -2.31. The number of ether oxygens (including phenoxy) is 1. The van der Waals surface area contributed by atoms with Crippen LogP contribution in [0.1, 0.15) is 32.9 Å². The van der Waals surface area contributed by atoms with E-state index in [0.717, 1.165) is 20.9 Å². The van der Waals surface area contributed by atoms with E-state index < -0.39 is 6.09 Å². The first-order chi connectivity index (χ1) is 15.6. The van der Waals surface area contributed by atoms with Gasteiger partial charge in [0, 0.05) is 41.2 Å². The number of carbonyl (C=O) groups excluding carboxylic acids is 2. The van der Waals surface area contributed by atoms with Crippen molar-refractivity contribution in [2.75, 3.05) is 5.32 Å². The first-order valence-electron chi connectivity index (χ1n) is 10.0. The van der Waals surface area contributed by atoms with Crippen LogP contribution in [0.3, 0.4) is 0 Å². The average molecular weight is 465 g/mol. The molecular weight excluding hydrogens is 444 g/mol. The summed E-state index contributed by atoms with van der Waals surface area (Å²) in [5.74, 6) is -0.281. The van der Waals surface area contributed by atoms with Crippen LogP contribution in [0, 0.1) is 11.3 Å². The van der Waals surface area contributed by atoms with Gasteiger partial charge in [-0.25, -0.2) is 4.79 Å². The molecule has 0 saturated heterocycles. The molecule has 3 heterocycles. The molecule has 0 bridgehead atoms. The van der Waals surface area contributed by atoms with Crippen molar-refractivity contribution in [3.05, 3.63) is 74.6 Å². The minimum absolute atomic E-state index is 0.271. The molecule has 1 aliphatic rings. The van der Waals surface area contributed by atoms with Gasteiger partial charge in [0.25, 0.3) is 0 Å². The number of carbonyl (C=O) groups is 2. The second-order valence-corrected chi connectivity index (χ2v) is 9.22. The van der Waals surface area contributed by atoms with Crippen molar-refractivity contribution in [3.8, 4) is 6.07 Å². The number of aromatic nitrogens is 1. The fraction of sp³-hybridized carbons (Fsp3) is 0.217. The van der Waals surface area contributed by atoms with Crippen molar-refractivity contribution in [2.24, 2.45) is 0 Å². The molecule has 1 atom stereocenters. The van der Waals surface area contributed by atoms with Gasteiger partial charge in [-0.15, -0.1) is 22.7 Å². The molecule has 1 unspecified atom stereocenters. The van der Waals surface area contributed by atoms with Gasteiger partial charge in [0.1, 0.15) is 17.2 Å². The molecule has 0 aliphatic heterocycles. The van der Waals surface area contributed by atoms with E-state index in [9.17, 15) is 14.9 Å². The molecule has 0 radical (unpaired) electrons. The number of alkyl carbamates (subject to hydrolysis) is 1. The van der Waals surface area contributed by atoms with E-state index in [2.05, 4.69) is 21.7 Å². The Morgan fingerprint density at radius 3 is 2.91 bits per heavy atom. The molecule has 2 amide bonds. The van der Waals surface area contributed by atoms with Crippen LogP contribution in [0.4, 0.5) is 9.80 Å². The number of rotatable bonds is 6. The third kappa shape index (κ3) is 5.41. The van der Waals surface area contributed by atoms with E-state index in [1.54, 1.807) is 29.8 Å². The third-order valence-electron chi connectivity index (χ3n) is 4.97. The van der Waals surface area contributed by atoms with Crippen LogP contribution in [-0.4, -0.2) is 23.1 Å². The number of hydrogen-bond acceptors (Lipinski definition) is 7. The summed E-state index contributed by atoms with van der Waals surface area (Å²) in [6.45, 7) is 0.367. The predicted molar refractivity (Wildman–Crippen MR) is 124 cm³/mol. The van der Waals surface area contributed by atoms with E-state index in [-0.39, 0.29) is 12.0 Å². The zero-order valence-electron chi connectivity index (χ0n) is 17.0. The van der Waals surface area contributed by atoms with Crippen molar-refractivity contribution >= 4 is 45.8 Å². The fourth-order valence-corrected chi connectivity index (χ4v) is 5.31. The number of nitriles is 1. The number of pyridine rings is 1. The standard InChI is InChI=1S/C23H20N4O3S2/c24-13-19-18-5-3-16(30-23(29)26-14-15-7-9-25-10-8-15)12-20(18)32-22(19)27-21(28)6-4-17-2-1-11-31-17/h1-2,4,6-11,16H,3,5,12,14H2,(H,26,29)(H,27,28)/b6-4+. The topological polar surface area (TPSA) is 104 Å². The van der Waals surface area contributed by atoms with E-state index in [0.29, 0.717) is 36.4 Å². The monoisotopic (exact) mass is 464 g/mol. The Balaban J connectivity index is 1.36. The summed E-state index contributed by atoms with van der Waals surface area (Å²) >= 11 is 2.92. The highest BCUT2D eigenvalue weighted by Gasteiger charge is 2.28. The molecule has 0 aromatic carbocycles. The Labute approximate surface area is 193 Å². The second kappa shape index (κ2) is 10.2.